The van der Waals surface area contributed by atoms with Gasteiger partial charge in [-0.25, -0.2) is 4.68 Å². The second-order valence-electron chi connectivity index (χ2n) is 6.09. The molecule has 1 amide bonds. The van der Waals surface area contributed by atoms with Crippen LogP contribution in [0.3, 0.4) is 0 Å². The van der Waals surface area contributed by atoms with Gasteiger partial charge in [0.15, 0.2) is 4.83 Å². The third-order valence-electron chi connectivity index (χ3n) is 4.36. The molecule has 0 bridgehead atoms. The first kappa shape index (κ1) is 17.5. The summed E-state index contributed by atoms with van der Waals surface area (Å²) < 4.78 is 1.09. The molecule has 6 nitrogen and oxygen atoms in total. The lowest BCUT2D eigenvalue weighted by molar-refractivity contribution is -0.117. The maximum absolute atomic E-state index is 12.8. The van der Waals surface area contributed by atoms with E-state index in [2.05, 4.69) is 15.6 Å². The number of halogens is 2. The van der Waals surface area contributed by atoms with Gasteiger partial charge in [-0.05, 0) is 43.4 Å². The average Bonchev–Trinajstić information content (AvgIpc) is 3.01. The molecule has 3 aromatic rings. The molecule has 0 saturated heterocycles. The van der Waals surface area contributed by atoms with Crippen molar-refractivity contribution in [2.75, 3.05) is 5.32 Å². The predicted molar refractivity (Wildman–Crippen MR) is 103 cm³/mol. The number of thiophene rings is 1. The van der Waals surface area contributed by atoms with Gasteiger partial charge in [0.25, 0.3) is 5.56 Å². The van der Waals surface area contributed by atoms with E-state index >= 15 is 0 Å². The number of benzene rings is 1. The fraction of sp³-hybridized carbons (Fsp3) is 0.294. The lowest BCUT2D eigenvalue weighted by Crippen LogP contribution is -2.30. The van der Waals surface area contributed by atoms with Crippen molar-refractivity contribution in [3.63, 3.8) is 0 Å². The largest absolute Gasteiger partial charge is 0.323 e. The van der Waals surface area contributed by atoms with Crippen molar-refractivity contribution >= 4 is 56.3 Å². The number of fused-ring (bicyclic) bond motifs is 3. The highest BCUT2D eigenvalue weighted by Gasteiger charge is 2.21. The van der Waals surface area contributed by atoms with E-state index in [-0.39, 0.29) is 17.1 Å². The minimum Gasteiger partial charge on any atom is -0.323 e. The summed E-state index contributed by atoms with van der Waals surface area (Å²) in [6, 6.07) is 4.95. The summed E-state index contributed by atoms with van der Waals surface area (Å²) in [5.74, 6) is -0.422. The Balaban J connectivity index is 1.63. The SMILES string of the molecule is O=C(Cn1nnc2sc3c(c2c1=O)CCCC3)Nc1cccc(Cl)c1Cl. The smallest absolute Gasteiger partial charge is 0.279 e. The van der Waals surface area contributed by atoms with E-state index < -0.39 is 5.91 Å². The molecule has 9 heteroatoms. The fourth-order valence-electron chi connectivity index (χ4n) is 3.14. The highest BCUT2D eigenvalue weighted by Crippen LogP contribution is 2.33. The van der Waals surface area contributed by atoms with Gasteiger partial charge in [-0.1, -0.05) is 34.5 Å². The molecular weight excluding hydrogens is 395 g/mol. The molecule has 4 rings (SSSR count). The molecule has 1 aliphatic rings. The zero-order valence-electron chi connectivity index (χ0n) is 13.6. The highest BCUT2D eigenvalue weighted by molar-refractivity contribution is 7.18. The Kier molecular flexibility index (Phi) is 4.69. The van der Waals surface area contributed by atoms with Crippen LogP contribution in [0, 0.1) is 0 Å². The van der Waals surface area contributed by atoms with Crippen LogP contribution in [0.25, 0.3) is 10.2 Å². The number of hydrogen-bond acceptors (Lipinski definition) is 5. The molecule has 0 fully saturated rings. The van der Waals surface area contributed by atoms with Crippen molar-refractivity contribution < 1.29 is 4.79 Å². The van der Waals surface area contributed by atoms with Crippen molar-refractivity contribution in [2.24, 2.45) is 0 Å². The van der Waals surface area contributed by atoms with Gasteiger partial charge < -0.3 is 5.32 Å². The lowest BCUT2D eigenvalue weighted by Gasteiger charge is -2.10. The Morgan fingerprint density at radius 1 is 1.27 bits per heavy atom. The second kappa shape index (κ2) is 6.98. The number of carbonyl (C=O) groups excluding carboxylic acids is 1. The average molecular weight is 409 g/mol. The van der Waals surface area contributed by atoms with Gasteiger partial charge >= 0.3 is 0 Å². The Hall–Kier alpha value is -1.96. The van der Waals surface area contributed by atoms with Crippen molar-refractivity contribution in [3.8, 4) is 0 Å². The third-order valence-corrected chi connectivity index (χ3v) is 6.36. The molecule has 134 valence electrons. The normalized spacial score (nSPS) is 13.6. The van der Waals surface area contributed by atoms with Crippen molar-refractivity contribution in [1.29, 1.82) is 0 Å². The van der Waals surface area contributed by atoms with E-state index in [1.807, 2.05) is 0 Å². The zero-order valence-corrected chi connectivity index (χ0v) is 15.9. The molecule has 0 spiro atoms. The van der Waals surface area contributed by atoms with Crippen molar-refractivity contribution in [1.82, 2.24) is 15.0 Å². The molecule has 0 atom stereocenters. The number of anilines is 1. The maximum atomic E-state index is 12.8. The summed E-state index contributed by atoms with van der Waals surface area (Å²) in [5.41, 5.74) is 1.18. The quantitative estimate of drug-likeness (QED) is 0.716. The van der Waals surface area contributed by atoms with E-state index in [9.17, 15) is 9.59 Å². The molecule has 0 unspecified atom stereocenters. The Labute approximate surface area is 162 Å². The van der Waals surface area contributed by atoms with Gasteiger partial charge in [-0.3, -0.25) is 9.59 Å². The standard InChI is InChI=1S/C17H14Cl2N4O2S/c18-10-5-3-6-11(15(10)19)20-13(24)8-23-17(25)14-9-4-1-2-7-12(9)26-16(14)21-22-23/h3,5-6H,1-2,4,7-8H2,(H,20,24). The molecule has 2 heterocycles. The van der Waals surface area contributed by atoms with Gasteiger partial charge in [0.2, 0.25) is 5.91 Å². The van der Waals surface area contributed by atoms with Gasteiger partial charge in [-0.15, -0.1) is 16.4 Å². The Morgan fingerprint density at radius 3 is 2.92 bits per heavy atom. The van der Waals surface area contributed by atoms with E-state index in [1.54, 1.807) is 18.2 Å². The summed E-state index contributed by atoms with van der Waals surface area (Å²) >= 11 is 13.5. The summed E-state index contributed by atoms with van der Waals surface area (Å²) in [6.45, 7) is -0.241. The number of aromatic nitrogens is 3. The number of aryl methyl sites for hydroxylation is 2. The second-order valence-corrected chi connectivity index (χ2v) is 7.96. The summed E-state index contributed by atoms with van der Waals surface area (Å²) in [6.07, 6.45) is 4.04. The molecule has 1 aliphatic carbocycles. The molecule has 0 saturated carbocycles. The third kappa shape index (κ3) is 3.11. The summed E-state index contributed by atoms with van der Waals surface area (Å²) in [7, 11) is 0. The lowest BCUT2D eigenvalue weighted by atomic mass is 9.97. The van der Waals surface area contributed by atoms with Crippen LogP contribution in [0.5, 0.6) is 0 Å². The maximum Gasteiger partial charge on any atom is 0.279 e. The summed E-state index contributed by atoms with van der Waals surface area (Å²) in [5, 5.41) is 11.9. The first-order valence-electron chi connectivity index (χ1n) is 8.16. The monoisotopic (exact) mass is 408 g/mol. The molecule has 1 aromatic carbocycles. The topological polar surface area (TPSA) is 76.9 Å². The van der Waals surface area contributed by atoms with E-state index in [0.29, 0.717) is 20.9 Å². The van der Waals surface area contributed by atoms with E-state index in [1.165, 1.54) is 16.2 Å². The predicted octanol–water partition coefficient (Wildman–Crippen LogP) is 3.68. The Bertz CT molecular complexity index is 1080. The zero-order chi connectivity index (χ0) is 18.3. The van der Waals surface area contributed by atoms with Crippen LogP contribution in [0.1, 0.15) is 23.3 Å². The minimum absolute atomic E-state index is 0.241. The number of carbonyl (C=O) groups is 1. The van der Waals surface area contributed by atoms with Crippen LogP contribution in [0.15, 0.2) is 23.0 Å². The van der Waals surface area contributed by atoms with Crippen LogP contribution >= 0.6 is 34.5 Å². The van der Waals surface area contributed by atoms with Crippen LogP contribution in [-0.4, -0.2) is 20.9 Å². The minimum atomic E-state index is -0.422. The number of hydrogen-bond donors (Lipinski definition) is 1. The van der Waals surface area contributed by atoms with Crippen LogP contribution in [0.2, 0.25) is 10.0 Å². The van der Waals surface area contributed by atoms with E-state index in [0.717, 1.165) is 35.9 Å². The van der Waals surface area contributed by atoms with Crippen molar-refractivity contribution in [2.45, 2.75) is 32.2 Å². The van der Waals surface area contributed by atoms with Gasteiger partial charge in [-0.2, -0.15) is 0 Å². The molecule has 0 radical (unpaired) electrons. The van der Waals surface area contributed by atoms with Crippen LogP contribution < -0.4 is 10.9 Å². The number of amides is 1. The number of nitrogens with zero attached hydrogens (tertiary/aromatic N) is 3. The van der Waals surface area contributed by atoms with Crippen LogP contribution in [0.4, 0.5) is 5.69 Å². The molecule has 0 aliphatic heterocycles. The van der Waals surface area contributed by atoms with Gasteiger partial charge in [0.05, 0.1) is 21.1 Å². The van der Waals surface area contributed by atoms with Gasteiger partial charge in [0, 0.05) is 4.88 Å². The Morgan fingerprint density at radius 2 is 2.08 bits per heavy atom. The van der Waals surface area contributed by atoms with E-state index in [4.69, 9.17) is 23.2 Å². The molecule has 1 N–H and O–H groups in total. The first-order valence-corrected chi connectivity index (χ1v) is 9.74. The number of nitrogens with one attached hydrogen (secondary N) is 1. The van der Waals surface area contributed by atoms with Gasteiger partial charge in [0.1, 0.15) is 6.54 Å². The van der Waals surface area contributed by atoms with Crippen LogP contribution in [-0.2, 0) is 24.2 Å². The number of rotatable bonds is 3. The first-order chi connectivity index (χ1) is 12.5. The summed E-state index contributed by atoms with van der Waals surface area (Å²) in [4.78, 5) is 27.0. The molecular formula is C17H14Cl2N4O2S. The molecule has 26 heavy (non-hydrogen) atoms. The van der Waals surface area contributed by atoms with Crippen molar-refractivity contribution in [3.05, 3.63) is 49.0 Å². The molecule has 2 aromatic heterocycles. The highest BCUT2D eigenvalue weighted by atomic mass is 35.5. The fourth-order valence-corrected chi connectivity index (χ4v) is 4.68.